The van der Waals surface area contributed by atoms with Crippen molar-refractivity contribution < 1.29 is 18.3 Å². The molecule has 112 valence electrons. The molecule has 2 N–H and O–H groups in total. The Bertz CT molecular complexity index is 695. The van der Waals surface area contributed by atoms with Crippen LogP contribution in [0.5, 0.6) is 0 Å². The lowest BCUT2D eigenvalue weighted by molar-refractivity contribution is -0.137. The molecule has 0 amide bonds. The summed E-state index contributed by atoms with van der Waals surface area (Å²) in [6, 6.07) is 6.60. The van der Waals surface area contributed by atoms with Crippen molar-refractivity contribution in [2.45, 2.75) is 12.8 Å². The van der Waals surface area contributed by atoms with Crippen LogP contribution in [-0.2, 0) is 14.8 Å². The van der Waals surface area contributed by atoms with Crippen molar-refractivity contribution in [3.8, 4) is 5.69 Å². The molecular weight excluding hydrogens is 296 g/mol. The second-order valence-corrected chi connectivity index (χ2v) is 6.15. The second-order valence-electron chi connectivity index (χ2n) is 4.31. The highest BCUT2D eigenvalue weighted by Gasteiger charge is 2.11. The van der Waals surface area contributed by atoms with Gasteiger partial charge in [-0.25, -0.2) is 18.1 Å². The molecule has 0 saturated heterocycles. The third-order valence-corrected chi connectivity index (χ3v) is 4.00. The standard InChI is InChI=1S/C12H14N4O4S/c17-12(18)2-1-7-21(19,20)15-10-3-5-11(6-4-10)16-9-13-8-14-16/h3-6,8-9,15H,1-2,7H2,(H,17,18). The molecule has 0 aliphatic carbocycles. The topological polar surface area (TPSA) is 114 Å². The first kappa shape index (κ1) is 15.0. The van der Waals surface area contributed by atoms with E-state index in [2.05, 4.69) is 14.8 Å². The van der Waals surface area contributed by atoms with Gasteiger partial charge in [-0.1, -0.05) is 0 Å². The number of sulfonamides is 1. The number of anilines is 1. The van der Waals surface area contributed by atoms with Crippen LogP contribution in [0.2, 0.25) is 0 Å². The third-order valence-electron chi connectivity index (χ3n) is 2.63. The number of hydrogen-bond donors (Lipinski definition) is 2. The Balaban J connectivity index is 1.98. The van der Waals surface area contributed by atoms with Crippen LogP contribution in [0.1, 0.15) is 12.8 Å². The first-order chi connectivity index (χ1) is 9.96. The minimum Gasteiger partial charge on any atom is -0.481 e. The number of aromatic nitrogens is 3. The largest absolute Gasteiger partial charge is 0.481 e. The third kappa shape index (κ3) is 4.56. The van der Waals surface area contributed by atoms with Crippen molar-refractivity contribution >= 4 is 21.7 Å². The zero-order valence-electron chi connectivity index (χ0n) is 11.0. The Morgan fingerprint density at radius 3 is 2.57 bits per heavy atom. The summed E-state index contributed by atoms with van der Waals surface area (Å²) in [5.74, 6) is -1.24. The predicted octanol–water partition coefficient (Wildman–Crippen LogP) is 0.874. The summed E-state index contributed by atoms with van der Waals surface area (Å²) in [4.78, 5) is 14.2. The molecule has 0 saturated carbocycles. The summed E-state index contributed by atoms with van der Waals surface area (Å²) < 4.78 is 27.5. The zero-order chi connectivity index (χ0) is 15.3. The number of carboxylic acid groups (broad SMARTS) is 1. The van der Waals surface area contributed by atoms with Crippen LogP contribution in [0.15, 0.2) is 36.9 Å². The number of hydrogen-bond acceptors (Lipinski definition) is 5. The molecule has 2 rings (SSSR count). The molecular formula is C12H14N4O4S. The number of benzene rings is 1. The SMILES string of the molecule is O=C(O)CCCS(=O)(=O)Nc1ccc(-n2cncn2)cc1. The number of nitrogens with zero attached hydrogens (tertiary/aromatic N) is 3. The van der Waals surface area contributed by atoms with E-state index in [1.807, 2.05) is 0 Å². The van der Waals surface area contributed by atoms with Gasteiger partial charge in [-0.15, -0.1) is 0 Å². The molecule has 1 aromatic carbocycles. The lowest BCUT2D eigenvalue weighted by Gasteiger charge is -2.08. The molecule has 0 bridgehead atoms. The molecule has 1 heterocycles. The van der Waals surface area contributed by atoms with E-state index >= 15 is 0 Å². The van der Waals surface area contributed by atoms with Crippen LogP contribution in [-0.4, -0.2) is 40.0 Å². The quantitative estimate of drug-likeness (QED) is 0.784. The number of aliphatic carboxylic acids is 1. The maximum Gasteiger partial charge on any atom is 0.303 e. The van der Waals surface area contributed by atoms with Gasteiger partial charge in [0.15, 0.2) is 0 Å². The van der Waals surface area contributed by atoms with Gasteiger partial charge < -0.3 is 5.11 Å². The first-order valence-corrected chi connectivity index (χ1v) is 7.79. The lowest BCUT2D eigenvalue weighted by atomic mass is 10.3. The molecule has 0 fully saturated rings. The number of nitrogens with one attached hydrogen (secondary N) is 1. The van der Waals surface area contributed by atoms with Crippen LogP contribution in [0.3, 0.4) is 0 Å². The van der Waals surface area contributed by atoms with Crippen LogP contribution >= 0.6 is 0 Å². The average Bonchev–Trinajstić information content (AvgIpc) is 2.92. The molecule has 0 aliphatic rings. The monoisotopic (exact) mass is 310 g/mol. The highest BCUT2D eigenvalue weighted by atomic mass is 32.2. The van der Waals surface area contributed by atoms with Crippen molar-refractivity contribution in [3.63, 3.8) is 0 Å². The molecule has 9 heteroatoms. The van der Waals surface area contributed by atoms with Crippen molar-refractivity contribution in [1.82, 2.24) is 14.8 Å². The minimum absolute atomic E-state index is 0.0711. The van der Waals surface area contributed by atoms with Crippen LogP contribution in [0, 0.1) is 0 Å². The molecule has 0 aliphatic heterocycles. The minimum atomic E-state index is -3.55. The fourth-order valence-electron chi connectivity index (χ4n) is 1.67. The van der Waals surface area contributed by atoms with Gasteiger partial charge in [0.25, 0.3) is 0 Å². The molecule has 0 unspecified atom stereocenters. The number of carboxylic acids is 1. The molecule has 8 nitrogen and oxygen atoms in total. The van der Waals surface area contributed by atoms with E-state index in [1.54, 1.807) is 28.9 Å². The van der Waals surface area contributed by atoms with Gasteiger partial charge in [0.05, 0.1) is 11.4 Å². The molecule has 21 heavy (non-hydrogen) atoms. The Hall–Kier alpha value is -2.42. The normalized spacial score (nSPS) is 11.2. The van der Waals surface area contributed by atoms with Gasteiger partial charge in [0.2, 0.25) is 10.0 Å². The van der Waals surface area contributed by atoms with Gasteiger partial charge in [-0.3, -0.25) is 9.52 Å². The van der Waals surface area contributed by atoms with Crippen molar-refractivity contribution in [1.29, 1.82) is 0 Å². The number of carbonyl (C=O) groups is 1. The summed E-state index contributed by atoms with van der Waals surface area (Å²) in [5.41, 5.74) is 1.16. The maximum absolute atomic E-state index is 11.8. The molecule has 2 aromatic rings. The van der Waals surface area contributed by atoms with Gasteiger partial charge in [-0.2, -0.15) is 5.10 Å². The Morgan fingerprint density at radius 2 is 2.00 bits per heavy atom. The smallest absolute Gasteiger partial charge is 0.303 e. The lowest BCUT2D eigenvalue weighted by Crippen LogP contribution is -2.17. The molecule has 0 spiro atoms. The van der Waals surface area contributed by atoms with E-state index in [4.69, 9.17) is 5.11 Å². The predicted molar refractivity (Wildman–Crippen MR) is 75.6 cm³/mol. The summed E-state index contributed by atoms with van der Waals surface area (Å²) in [6.45, 7) is 0. The van der Waals surface area contributed by atoms with Crippen LogP contribution in [0.25, 0.3) is 5.69 Å². The fourth-order valence-corrected chi connectivity index (χ4v) is 2.79. The van der Waals surface area contributed by atoms with E-state index in [-0.39, 0.29) is 18.6 Å². The fraction of sp³-hybridized carbons (Fsp3) is 0.250. The Kier molecular flexibility index (Phi) is 4.53. The Labute approximate surface area is 121 Å². The number of rotatable bonds is 7. The first-order valence-electron chi connectivity index (χ1n) is 6.14. The summed E-state index contributed by atoms with van der Waals surface area (Å²) in [6.07, 6.45) is 2.83. The maximum atomic E-state index is 11.8. The zero-order valence-corrected chi connectivity index (χ0v) is 11.8. The van der Waals surface area contributed by atoms with E-state index in [0.29, 0.717) is 5.69 Å². The average molecular weight is 310 g/mol. The molecule has 0 radical (unpaired) electrons. The highest BCUT2D eigenvalue weighted by Crippen LogP contribution is 2.14. The van der Waals surface area contributed by atoms with Gasteiger partial charge >= 0.3 is 5.97 Å². The van der Waals surface area contributed by atoms with Crippen molar-refractivity contribution in [2.75, 3.05) is 10.5 Å². The van der Waals surface area contributed by atoms with Gasteiger partial charge in [0, 0.05) is 12.1 Å². The summed E-state index contributed by atoms with van der Waals surface area (Å²) in [5, 5.41) is 12.5. The van der Waals surface area contributed by atoms with Crippen LogP contribution in [0.4, 0.5) is 5.69 Å². The van der Waals surface area contributed by atoms with E-state index < -0.39 is 16.0 Å². The van der Waals surface area contributed by atoms with Crippen molar-refractivity contribution in [3.05, 3.63) is 36.9 Å². The molecule has 0 atom stereocenters. The molecule has 1 aromatic heterocycles. The van der Waals surface area contributed by atoms with E-state index in [9.17, 15) is 13.2 Å². The Morgan fingerprint density at radius 1 is 1.29 bits per heavy atom. The van der Waals surface area contributed by atoms with E-state index in [1.165, 1.54) is 12.7 Å². The highest BCUT2D eigenvalue weighted by molar-refractivity contribution is 7.92. The van der Waals surface area contributed by atoms with Crippen LogP contribution < -0.4 is 4.72 Å². The summed E-state index contributed by atoms with van der Waals surface area (Å²) in [7, 11) is -3.55. The summed E-state index contributed by atoms with van der Waals surface area (Å²) >= 11 is 0. The van der Waals surface area contributed by atoms with Gasteiger partial charge in [0.1, 0.15) is 12.7 Å². The van der Waals surface area contributed by atoms with E-state index in [0.717, 1.165) is 5.69 Å². The van der Waals surface area contributed by atoms with Crippen molar-refractivity contribution in [2.24, 2.45) is 0 Å². The van der Waals surface area contributed by atoms with Gasteiger partial charge in [-0.05, 0) is 30.7 Å². The second kappa shape index (κ2) is 6.35.